The lowest BCUT2D eigenvalue weighted by Crippen LogP contribution is -2.25. The predicted molar refractivity (Wildman–Crippen MR) is 84.8 cm³/mol. The van der Waals surface area contributed by atoms with Gasteiger partial charge in [0, 0.05) is 19.3 Å². The lowest BCUT2D eigenvalue weighted by atomic mass is 10.2. The smallest absolute Gasteiger partial charge is 0.189 e. The van der Waals surface area contributed by atoms with E-state index in [1.54, 1.807) is 6.20 Å². The molecule has 3 rings (SSSR count). The molecule has 21 heavy (non-hydrogen) atoms. The van der Waals surface area contributed by atoms with E-state index in [1.807, 2.05) is 6.26 Å². The SMILES string of the molecule is CSc1nc(N2CCCCCC2)c2cnc(Cl)c(F)c2n1. The standard InChI is InChI=1S/C14H16ClFN4S/c1-21-14-18-11-9(8-17-12(15)10(11)16)13(19-14)20-6-4-2-3-5-7-20/h8H,2-7H2,1H3. The Hall–Kier alpha value is -1.14. The number of thioether (sulfide) groups is 1. The van der Waals surface area contributed by atoms with E-state index in [0.717, 1.165) is 31.7 Å². The monoisotopic (exact) mass is 326 g/mol. The van der Waals surface area contributed by atoms with E-state index in [2.05, 4.69) is 19.9 Å². The van der Waals surface area contributed by atoms with Gasteiger partial charge in [0.05, 0.1) is 5.39 Å². The molecule has 0 radical (unpaired) electrons. The van der Waals surface area contributed by atoms with Gasteiger partial charge in [0.1, 0.15) is 11.3 Å². The predicted octanol–water partition coefficient (Wildman–Crippen LogP) is 3.92. The van der Waals surface area contributed by atoms with Crippen molar-refractivity contribution < 1.29 is 4.39 Å². The zero-order valence-electron chi connectivity index (χ0n) is 11.8. The van der Waals surface area contributed by atoms with E-state index < -0.39 is 5.82 Å². The van der Waals surface area contributed by atoms with Crippen molar-refractivity contribution in [3.8, 4) is 0 Å². The molecule has 0 atom stereocenters. The second kappa shape index (κ2) is 6.32. The van der Waals surface area contributed by atoms with Crippen LogP contribution in [0.3, 0.4) is 0 Å². The Morgan fingerprint density at radius 3 is 2.57 bits per heavy atom. The summed E-state index contributed by atoms with van der Waals surface area (Å²) in [6.45, 7) is 1.87. The van der Waals surface area contributed by atoms with Crippen molar-refractivity contribution in [3.05, 3.63) is 17.2 Å². The van der Waals surface area contributed by atoms with Crippen LogP contribution in [0.4, 0.5) is 10.2 Å². The summed E-state index contributed by atoms with van der Waals surface area (Å²) in [6, 6.07) is 0. The number of halogens is 2. The average Bonchev–Trinajstić information content (AvgIpc) is 2.79. The Morgan fingerprint density at radius 2 is 1.90 bits per heavy atom. The first-order valence-corrected chi connectivity index (χ1v) is 8.61. The molecule has 1 aliphatic heterocycles. The maximum atomic E-state index is 14.2. The van der Waals surface area contributed by atoms with Crippen molar-refractivity contribution in [1.82, 2.24) is 15.0 Å². The van der Waals surface area contributed by atoms with Crippen LogP contribution in [0, 0.1) is 5.82 Å². The molecule has 0 aliphatic carbocycles. The van der Waals surface area contributed by atoms with E-state index in [0.29, 0.717) is 10.5 Å². The molecule has 0 N–H and O–H groups in total. The summed E-state index contributed by atoms with van der Waals surface area (Å²) in [5, 5.41) is 1.05. The molecular formula is C14H16ClFN4S. The largest absolute Gasteiger partial charge is 0.356 e. The van der Waals surface area contributed by atoms with Gasteiger partial charge in [0.25, 0.3) is 0 Å². The van der Waals surface area contributed by atoms with Gasteiger partial charge < -0.3 is 4.90 Å². The maximum absolute atomic E-state index is 14.2. The second-order valence-electron chi connectivity index (χ2n) is 5.06. The normalized spacial score (nSPS) is 16.2. The van der Waals surface area contributed by atoms with Crippen LogP contribution in [0.1, 0.15) is 25.7 Å². The minimum atomic E-state index is -0.567. The number of fused-ring (bicyclic) bond motifs is 1. The fourth-order valence-corrected chi connectivity index (χ4v) is 3.11. The summed E-state index contributed by atoms with van der Waals surface area (Å²) in [5.41, 5.74) is 0.258. The van der Waals surface area contributed by atoms with Gasteiger partial charge in [0.2, 0.25) is 0 Å². The van der Waals surface area contributed by atoms with Crippen LogP contribution in [-0.4, -0.2) is 34.3 Å². The average molecular weight is 327 g/mol. The summed E-state index contributed by atoms with van der Waals surface area (Å²) in [5.74, 6) is 0.206. The third-order valence-electron chi connectivity index (χ3n) is 3.69. The van der Waals surface area contributed by atoms with Crippen molar-refractivity contribution >= 4 is 40.1 Å². The zero-order valence-corrected chi connectivity index (χ0v) is 13.3. The molecule has 0 amide bonds. The molecule has 7 heteroatoms. The fraction of sp³-hybridized carbons (Fsp3) is 0.500. The van der Waals surface area contributed by atoms with Crippen LogP contribution in [0.25, 0.3) is 10.9 Å². The molecular weight excluding hydrogens is 311 g/mol. The van der Waals surface area contributed by atoms with Gasteiger partial charge in [-0.15, -0.1) is 0 Å². The number of anilines is 1. The lowest BCUT2D eigenvalue weighted by molar-refractivity contribution is 0.629. The molecule has 1 fully saturated rings. The third-order valence-corrected chi connectivity index (χ3v) is 4.50. The molecule has 4 nitrogen and oxygen atoms in total. The van der Waals surface area contributed by atoms with E-state index in [1.165, 1.54) is 24.6 Å². The quantitative estimate of drug-likeness (QED) is 0.475. The molecule has 0 bridgehead atoms. The highest BCUT2D eigenvalue weighted by atomic mass is 35.5. The Labute approximate surface area is 132 Å². The Balaban J connectivity index is 2.17. The highest BCUT2D eigenvalue weighted by molar-refractivity contribution is 7.98. The van der Waals surface area contributed by atoms with Gasteiger partial charge >= 0.3 is 0 Å². The molecule has 112 valence electrons. The minimum absolute atomic E-state index is 0.143. The van der Waals surface area contributed by atoms with Crippen LogP contribution in [0.2, 0.25) is 5.15 Å². The summed E-state index contributed by atoms with van der Waals surface area (Å²) in [6.07, 6.45) is 8.17. The molecule has 0 saturated carbocycles. The Bertz CT molecular complexity index is 659. The molecule has 2 aromatic rings. The molecule has 2 aromatic heterocycles. The zero-order chi connectivity index (χ0) is 14.8. The number of aromatic nitrogens is 3. The first-order chi connectivity index (χ1) is 10.2. The summed E-state index contributed by atoms with van der Waals surface area (Å²) < 4.78 is 14.2. The van der Waals surface area contributed by atoms with Crippen molar-refractivity contribution in [2.75, 3.05) is 24.2 Å². The van der Waals surface area contributed by atoms with Crippen LogP contribution in [0.5, 0.6) is 0 Å². The minimum Gasteiger partial charge on any atom is -0.356 e. The third kappa shape index (κ3) is 2.92. The summed E-state index contributed by atoms with van der Waals surface area (Å²) >= 11 is 7.18. The second-order valence-corrected chi connectivity index (χ2v) is 6.19. The lowest BCUT2D eigenvalue weighted by Gasteiger charge is -2.23. The molecule has 3 heterocycles. The number of hydrogen-bond acceptors (Lipinski definition) is 5. The van der Waals surface area contributed by atoms with E-state index in [9.17, 15) is 4.39 Å². The topological polar surface area (TPSA) is 41.9 Å². The molecule has 1 aliphatic rings. The van der Waals surface area contributed by atoms with Gasteiger partial charge in [-0.05, 0) is 19.1 Å². The van der Waals surface area contributed by atoms with E-state index in [-0.39, 0.29) is 10.7 Å². The van der Waals surface area contributed by atoms with E-state index >= 15 is 0 Å². The van der Waals surface area contributed by atoms with E-state index in [4.69, 9.17) is 11.6 Å². The Morgan fingerprint density at radius 1 is 1.19 bits per heavy atom. The van der Waals surface area contributed by atoms with Gasteiger partial charge in [-0.3, -0.25) is 0 Å². The van der Waals surface area contributed by atoms with Crippen molar-refractivity contribution in [2.45, 2.75) is 30.8 Å². The molecule has 0 unspecified atom stereocenters. The van der Waals surface area contributed by atoms with Gasteiger partial charge in [0.15, 0.2) is 16.1 Å². The van der Waals surface area contributed by atoms with Crippen molar-refractivity contribution in [1.29, 1.82) is 0 Å². The molecule has 0 aromatic carbocycles. The summed E-state index contributed by atoms with van der Waals surface area (Å²) in [4.78, 5) is 15.0. The van der Waals surface area contributed by atoms with Crippen molar-refractivity contribution in [2.24, 2.45) is 0 Å². The number of nitrogens with zero attached hydrogens (tertiary/aromatic N) is 4. The van der Waals surface area contributed by atoms with Gasteiger partial charge in [-0.2, -0.15) is 0 Å². The highest BCUT2D eigenvalue weighted by Gasteiger charge is 2.19. The molecule has 1 saturated heterocycles. The number of pyridine rings is 1. The Kier molecular flexibility index (Phi) is 4.45. The fourth-order valence-electron chi connectivity index (χ4n) is 2.61. The van der Waals surface area contributed by atoms with Crippen LogP contribution in [-0.2, 0) is 0 Å². The van der Waals surface area contributed by atoms with Gasteiger partial charge in [-0.25, -0.2) is 19.3 Å². The highest BCUT2D eigenvalue weighted by Crippen LogP contribution is 2.30. The van der Waals surface area contributed by atoms with Crippen LogP contribution >= 0.6 is 23.4 Å². The number of hydrogen-bond donors (Lipinski definition) is 0. The maximum Gasteiger partial charge on any atom is 0.189 e. The van der Waals surface area contributed by atoms with Crippen LogP contribution < -0.4 is 4.90 Å². The van der Waals surface area contributed by atoms with Crippen LogP contribution in [0.15, 0.2) is 11.4 Å². The summed E-state index contributed by atoms with van der Waals surface area (Å²) in [7, 11) is 0. The first kappa shape index (κ1) is 14.8. The van der Waals surface area contributed by atoms with Crippen molar-refractivity contribution in [3.63, 3.8) is 0 Å². The first-order valence-electron chi connectivity index (χ1n) is 7.01. The molecule has 0 spiro atoms. The van der Waals surface area contributed by atoms with Gasteiger partial charge in [-0.1, -0.05) is 36.2 Å². The number of rotatable bonds is 2.